The van der Waals surface area contributed by atoms with Crippen molar-refractivity contribution in [1.82, 2.24) is 0 Å². The fourth-order valence-corrected chi connectivity index (χ4v) is 3.19. The number of hydrogen-bond donors (Lipinski definition) is 0. The maximum atomic E-state index is 12.9. The summed E-state index contributed by atoms with van der Waals surface area (Å²) in [5.41, 5.74) is -0.580. The summed E-state index contributed by atoms with van der Waals surface area (Å²) in [7, 11) is 0. The highest BCUT2D eigenvalue weighted by molar-refractivity contribution is 5.80. The monoisotopic (exact) mass is 406 g/mol. The van der Waals surface area contributed by atoms with Crippen LogP contribution in [0.15, 0.2) is 30.3 Å². The van der Waals surface area contributed by atoms with Crippen LogP contribution < -0.4 is 4.74 Å². The molecule has 0 fully saturated rings. The number of carbonyl (C=O) groups excluding carboxylic acids is 2. The third-order valence-electron chi connectivity index (χ3n) is 4.36. The largest absolute Gasteiger partial charge is 0.486 e. The van der Waals surface area contributed by atoms with Crippen molar-refractivity contribution in [3.8, 4) is 5.75 Å². The van der Waals surface area contributed by atoms with Crippen LogP contribution in [0, 0.1) is 17.8 Å². The molecule has 0 unspecified atom stereocenters. The summed E-state index contributed by atoms with van der Waals surface area (Å²) >= 11 is 0. The molecule has 0 aliphatic heterocycles. The number of rotatable bonds is 10. The Morgan fingerprint density at radius 1 is 0.966 bits per heavy atom. The van der Waals surface area contributed by atoms with Gasteiger partial charge in [-0.25, -0.2) is 0 Å². The number of carbonyl (C=O) groups is 2. The van der Waals surface area contributed by atoms with Gasteiger partial charge in [-0.1, -0.05) is 45.9 Å². The molecule has 0 radical (unpaired) electrons. The van der Waals surface area contributed by atoms with E-state index in [-0.39, 0.29) is 36.3 Å². The van der Waals surface area contributed by atoms with Crippen LogP contribution in [0.5, 0.6) is 5.75 Å². The van der Waals surface area contributed by atoms with Crippen molar-refractivity contribution in [2.75, 3.05) is 0 Å². The Kier molecular flexibility index (Phi) is 9.67. The van der Waals surface area contributed by atoms with E-state index in [1.807, 2.05) is 85.7 Å². The van der Waals surface area contributed by atoms with E-state index in [0.717, 1.165) is 5.75 Å². The molecule has 0 aromatic heterocycles. The van der Waals surface area contributed by atoms with E-state index >= 15 is 0 Å². The minimum Gasteiger partial charge on any atom is -0.486 e. The summed E-state index contributed by atoms with van der Waals surface area (Å²) in [5, 5.41) is 0. The minimum absolute atomic E-state index is 0.0207. The third-order valence-corrected chi connectivity index (χ3v) is 4.36. The second-order valence-corrected chi connectivity index (χ2v) is 9.40. The zero-order chi connectivity index (χ0) is 22.2. The second-order valence-electron chi connectivity index (χ2n) is 9.40. The van der Waals surface area contributed by atoms with Crippen LogP contribution in [-0.4, -0.2) is 29.7 Å². The lowest BCUT2D eigenvalue weighted by molar-refractivity contribution is -0.167. The van der Waals surface area contributed by atoms with Crippen LogP contribution >= 0.6 is 0 Å². The number of ether oxygens (including phenoxy) is 3. The third kappa shape index (κ3) is 9.82. The Labute approximate surface area is 176 Å². The van der Waals surface area contributed by atoms with Crippen LogP contribution in [0.4, 0.5) is 0 Å². The van der Waals surface area contributed by atoms with Gasteiger partial charge in [0.1, 0.15) is 23.6 Å². The molecule has 0 saturated carbocycles. The lowest BCUT2D eigenvalue weighted by atomic mass is 9.94. The smallest absolute Gasteiger partial charge is 0.309 e. The molecule has 0 N–H and O–H groups in total. The van der Waals surface area contributed by atoms with Gasteiger partial charge in [0, 0.05) is 0 Å². The molecule has 5 nitrogen and oxygen atoms in total. The van der Waals surface area contributed by atoms with Crippen molar-refractivity contribution in [2.45, 2.75) is 86.0 Å². The van der Waals surface area contributed by atoms with Crippen LogP contribution in [-0.2, 0) is 19.1 Å². The fraction of sp³-hybridized carbons (Fsp3) is 0.667. The van der Waals surface area contributed by atoms with E-state index < -0.39 is 17.6 Å². The van der Waals surface area contributed by atoms with E-state index in [1.54, 1.807) is 0 Å². The Morgan fingerprint density at radius 3 is 2.03 bits per heavy atom. The zero-order valence-corrected chi connectivity index (χ0v) is 19.2. The molecule has 1 rings (SSSR count). The minimum atomic E-state index is -0.580. The molecule has 0 heterocycles. The maximum Gasteiger partial charge on any atom is 0.309 e. The quantitative estimate of drug-likeness (QED) is 0.486. The first kappa shape index (κ1) is 25.0. The molecule has 0 amide bonds. The van der Waals surface area contributed by atoms with Crippen molar-refractivity contribution in [2.24, 2.45) is 17.8 Å². The average Bonchev–Trinajstić information content (AvgIpc) is 2.57. The number of para-hydroxylation sites is 1. The molecule has 5 heteroatoms. The van der Waals surface area contributed by atoms with E-state index in [9.17, 15) is 9.59 Å². The highest BCUT2D eigenvalue weighted by atomic mass is 16.6. The number of hydrogen-bond acceptors (Lipinski definition) is 5. The van der Waals surface area contributed by atoms with Gasteiger partial charge in [0.2, 0.25) is 0 Å². The van der Waals surface area contributed by atoms with Crippen molar-refractivity contribution < 1.29 is 23.8 Å². The van der Waals surface area contributed by atoms with E-state index in [1.165, 1.54) is 0 Å². The van der Waals surface area contributed by atoms with Gasteiger partial charge in [-0.2, -0.15) is 0 Å². The fourth-order valence-electron chi connectivity index (χ4n) is 3.19. The molecule has 0 bridgehead atoms. The number of benzene rings is 1. The summed E-state index contributed by atoms with van der Waals surface area (Å²) in [6.45, 7) is 15.4. The topological polar surface area (TPSA) is 61.8 Å². The van der Waals surface area contributed by atoms with E-state index in [0.29, 0.717) is 6.42 Å². The maximum absolute atomic E-state index is 12.9. The zero-order valence-electron chi connectivity index (χ0n) is 19.2. The van der Waals surface area contributed by atoms with Gasteiger partial charge in [-0.3, -0.25) is 9.59 Å². The Balaban J connectivity index is 2.82. The standard InChI is InChI=1S/C24H38O5/c1-16(2)14-19(15-21(25)29-24(6,7)8)23(26)27-18(5)22(17(3)4)28-20-12-10-9-11-13-20/h9-13,16-19,22H,14-15H2,1-8H3/t18-,19+,22+/m0/s1. The van der Waals surface area contributed by atoms with Gasteiger partial charge in [-0.05, 0) is 58.1 Å². The van der Waals surface area contributed by atoms with Gasteiger partial charge < -0.3 is 14.2 Å². The molecule has 0 saturated heterocycles. The van der Waals surface area contributed by atoms with Gasteiger partial charge in [0.05, 0.1) is 12.3 Å². The average molecular weight is 407 g/mol. The summed E-state index contributed by atoms with van der Waals surface area (Å²) in [6.07, 6.45) is -0.151. The van der Waals surface area contributed by atoms with Gasteiger partial charge >= 0.3 is 11.9 Å². The first-order chi connectivity index (χ1) is 13.4. The summed E-state index contributed by atoms with van der Waals surface area (Å²) in [6, 6.07) is 9.50. The summed E-state index contributed by atoms with van der Waals surface area (Å²) in [4.78, 5) is 25.2. The highest BCUT2D eigenvalue weighted by Crippen LogP contribution is 2.24. The van der Waals surface area contributed by atoms with E-state index in [4.69, 9.17) is 14.2 Å². The van der Waals surface area contributed by atoms with Crippen molar-refractivity contribution in [3.63, 3.8) is 0 Å². The van der Waals surface area contributed by atoms with Crippen molar-refractivity contribution in [1.29, 1.82) is 0 Å². The number of esters is 2. The normalized spacial score (nSPS) is 15.0. The first-order valence-corrected chi connectivity index (χ1v) is 10.5. The second kappa shape index (κ2) is 11.2. The summed E-state index contributed by atoms with van der Waals surface area (Å²) in [5.74, 6) is -0.148. The van der Waals surface area contributed by atoms with Crippen LogP contribution in [0.3, 0.4) is 0 Å². The van der Waals surface area contributed by atoms with Crippen molar-refractivity contribution in [3.05, 3.63) is 30.3 Å². The Bertz CT molecular complexity index is 630. The Hall–Kier alpha value is -2.04. The Morgan fingerprint density at radius 2 is 1.55 bits per heavy atom. The molecule has 29 heavy (non-hydrogen) atoms. The lowest BCUT2D eigenvalue weighted by Crippen LogP contribution is -2.39. The molecule has 164 valence electrons. The molecular formula is C24H38O5. The summed E-state index contributed by atoms with van der Waals surface area (Å²) < 4.78 is 17.2. The van der Waals surface area contributed by atoms with Gasteiger partial charge in [0.15, 0.2) is 0 Å². The molecular weight excluding hydrogens is 368 g/mol. The molecule has 0 aliphatic carbocycles. The highest BCUT2D eigenvalue weighted by Gasteiger charge is 2.32. The van der Waals surface area contributed by atoms with Crippen LogP contribution in [0.1, 0.15) is 68.2 Å². The lowest BCUT2D eigenvalue weighted by Gasteiger charge is -2.30. The molecule has 1 aromatic rings. The van der Waals surface area contributed by atoms with Crippen LogP contribution in [0.25, 0.3) is 0 Å². The SMILES string of the molecule is CC(C)C[C@H](CC(=O)OC(C)(C)C)C(=O)O[C@@H](C)[C@H](Oc1ccccc1)C(C)C. The molecule has 3 atom stereocenters. The first-order valence-electron chi connectivity index (χ1n) is 10.5. The molecule has 1 aromatic carbocycles. The van der Waals surface area contributed by atoms with E-state index in [2.05, 4.69) is 0 Å². The predicted molar refractivity (Wildman–Crippen MR) is 115 cm³/mol. The van der Waals surface area contributed by atoms with Gasteiger partial charge in [-0.15, -0.1) is 0 Å². The predicted octanol–water partition coefficient (Wildman–Crippen LogP) is 5.42. The van der Waals surface area contributed by atoms with Crippen LogP contribution in [0.2, 0.25) is 0 Å². The van der Waals surface area contributed by atoms with Gasteiger partial charge in [0.25, 0.3) is 0 Å². The van der Waals surface area contributed by atoms with Crippen molar-refractivity contribution >= 4 is 11.9 Å². The molecule has 0 spiro atoms. The molecule has 0 aliphatic rings.